The molecule has 3 heterocycles. The van der Waals surface area contributed by atoms with Crippen molar-refractivity contribution >= 4 is 16.8 Å². The van der Waals surface area contributed by atoms with Crippen molar-refractivity contribution in [3.05, 3.63) is 58.1 Å². The number of nitrogens with zero attached hydrogens (tertiary/aromatic N) is 3. The highest BCUT2D eigenvalue weighted by Gasteiger charge is 2.32. The SMILES string of the molecule is Cc1ccc2nc(C)c(C)c(C(=O)N3CCCC[C@H]3c3cc(C)on3)c2c1. The van der Waals surface area contributed by atoms with E-state index in [1.54, 1.807) is 0 Å². The fourth-order valence-electron chi connectivity index (χ4n) is 4.04. The number of rotatable bonds is 2. The summed E-state index contributed by atoms with van der Waals surface area (Å²) in [7, 11) is 0. The fraction of sp³-hybridized carbons (Fsp3) is 0.409. The molecule has 5 heteroatoms. The first kappa shape index (κ1) is 17.7. The molecule has 1 amide bonds. The van der Waals surface area contributed by atoms with Crippen LogP contribution in [0.2, 0.25) is 0 Å². The smallest absolute Gasteiger partial charge is 0.255 e. The molecule has 1 aliphatic rings. The van der Waals surface area contributed by atoms with E-state index in [2.05, 4.69) is 16.2 Å². The van der Waals surface area contributed by atoms with Crippen molar-refractivity contribution in [2.24, 2.45) is 0 Å². The van der Waals surface area contributed by atoms with Crippen LogP contribution in [-0.2, 0) is 0 Å². The Balaban J connectivity index is 1.83. The van der Waals surface area contributed by atoms with Crippen LogP contribution in [0.1, 0.15) is 63.9 Å². The van der Waals surface area contributed by atoms with Gasteiger partial charge in [-0.1, -0.05) is 16.8 Å². The normalized spacial score (nSPS) is 17.5. The predicted molar refractivity (Wildman–Crippen MR) is 105 cm³/mol. The summed E-state index contributed by atoms with van der Waals surface area (Å²) in [6.07, 6.45) is 3.02. The zero-order valence-electron chi connectivity index (χ0n) is 16.4. The maximum Gasteiger partial charge on any atom is 0.255 e. The number of amides is 1. The molecule has 0 aliphatic carbocycles. The number of fused-ring (bicyclic) bond motifs is 1. The van der Waals surface area contributed by atoms with Crippen LogP contribution in [0.25, 0.3) is 10.9 Å². The molecule has 0 saturated carbocycles. The van der Waals surface area contributed by atoms with E-state index in [9.17, 15) is 4.79 Å². The molecule has 4 rings (SSSR count). The molecule has 0 bridgehead atoms. The number of pyridine rings is 1. The van der Waals surface area contributed by atoms with Gasteiger partial charge >= 0.3 is 0 Å². The first-order valence-corrected chi connectivity index (χ1v) is 9.57. The molecule has 1 aromatic carbocycles. The summed E-state index contributed by atoms with van der Waals surface area (Å²) in [6, 6.07) is 8.03. The highest BCUT2D eigenvalue weighted by molar-refractivity contribution is 6.08. The second kappa shape index (κ2) is 6.80. The molecule has 0 N–H and O–H groups in total. The summed E-state index contributed by atoms with van der Waals surface area (Å²) < 4.78 is 5.28. The number of carbonyl (C=O) groups is 1. The second-order valence-corrected chi connectivity index (χ2v) is 7.59. The predicted octanol–water partition coefficient (Wildman–Crippen LogP) is 4.82. The van der Waals surface area contributed by atoms with Gasteiger partial charge in [-0.2, -0.15) is 0 Å². The number of hydrogen-bond donors (Lipinski definition) is 0. The zero-order valence-corrected chi connectivity index (χ0v) is 16.4. The van der Waals surface area contributed by atoms with Crippen LogP contribution < -0.4 is 0 Å². The van der Waals surface area contributed by atoms with Gasteiger partial charge in [0.25, 0.3) is 5.91 Å². The lowest BCUT2D eigenvalue weighted by Gasteiger charge is -2.35. The summed E-state index contributed by atoms with van der Waals surface area (Å²) in [6.45, 7) is 8.64. The molecule has 1 fully saturated rings. The number of piperidine rings is 1. The Morgan fingerprint density at radius 2 is 1.96 bits per heavy atom. The van der Waals surface area contributed by atoms with Crippen molar-refractivity contribution in [3.63, 3.8) is 0 Å². The molecular formula is C22H25N3O2. The molecule has 3 aromatic rings. The Kier molecular flexibility index (Phi) is 4.46. The van der Waals surface area contributed by atoms with Gasteiger partial charge in [-0.15, -0.1) is 0 Å². The molecule has 27 heavy (non-hydrogen) atoms. The standard InChI is InChI=1S/C22H25N3O2/c1-13-8-9-18-17(11-13)21(15(3)16(4)23-18)22(26)25-10-6-5-7-20(25)19-12-14(2)27-24-19/h8-9,11-12,20H,5-7,10H2,1-4H3/t20-/m0/s1. The molecule has 1 aliphatic heterocycles. The Morgan fingerprint density at radius 1 is 1.15 bits per heavy atom. The van der Waals surface area contributed by atoms with Crippen molar-refractivity contribution in [3.8, 4) is 0 Å². The Bertz CT molecular complexity index is 1020. The largest absolute Gasteiger partial charge is 0.361 e. The molecule has 140 valence electrons. The number of aryl methyl sites for hydroxylation is 3. The van der Waals surface area contributed by atoms with E-state index in [0.717, 1.165) is 70.5 Å². The van der Waals surface area contributed by atoms with Crippen molar-refractivity contribution in [2.45, 2.75) is 53.0 Å². The first-order valence-electron chi connectivity index (χ1n) is 9.57. The van der Waals surface area contributed by atoms with Crippen molar-refractivity contribution in [1.82, 2.24) is 15.0 Å². The summed E-state index contributed by atoms with van der Waals surface area (Å²) in [4.78, 5) is 20.4. The third kappa shape index (κ3) is 3.11. The van der Waals surface area contributed by atoms with Gasteiger partial charge in [0.2, 0.25) is 0 Å². The quantitative estimate of drug-likeness (QED) is 0.655. The van der Waals surface area contributed by atoms with Gasteiger partial charge in [-0.05, 0) is 64.7 Å². The minimum Gasteiger partial charge on any atom is -0.361 e. The summed E-state index contributed by atoms with van der Waals surface area (Å²) in [5.41, 5.74) is 5.49. The molecular weight excluding hydrogens is 338 g/mol. The van der Waals surface area contributed by atoms with E-state index < -0.39 is 0 Å². The first-order chi connectivity index (χ1) is 13.0. The van der Waals surface area contributed by atoms with Crippen LogP contribution in [0, 0.1) is 27.7 Å². The number of benzene rings is 1. The van der Waals surface area contributed by atoms with E-state index in [1.807, 2.05) is 50.8 Å². The fourth-order valence-corrected chi connectivity index (χ4v) is 4.04. The maximum absolute atomic E-state index is 13.7. The average molecular weight is 363 g/mol. The topological polar surface area (TPSA) is 59.2 Å². The van der Waals surface area contributed by atoms with E-state index in [0.29, 0.717) is 0 Å². The van der Waals surface area contributed by atoms with Crippen LogP contribution in [-0.4, -0.2) is 27.5 Å². The second-order valence-electron chi connectivity index (χ2n) is 7.59. The highest BCUT2D eigenvalue weighted by atomic mass is 16.5. The van der Waals surface area contributed by atoms with Crippen LogP contribution >= 0.6 is 0 Å². The van der Waals surface area contributed by atoms with E-state index in [-0.39, 0.29) is 11.9 Å². The minimum atomic E-state index is -0.0311. The third-order valence-corrected chi connectivity index (χ3v) is 5.59. The van der Waals surface area contributed by atoms with Gasteiger partial charge in [-0.25, -0.2) is 0 Å². The van der Waals surface area contributed by atoms with E-state index in [4.69, 9.17) is 4.52 Å². The Morgan fingerprint density at radius 3 is 2.70 bits per heavy atom. The zero-order chi connectivity index (χ0) is 19.1. The molecule has 1 atom stereocenters. The molecule has 1 saturated heterocycles. The van der Waals surface area contributed by atoms with E-state index in [1.165, 1.54) is 0 Å². The monoisotopic (exact) mass is 363 g/mol. The number of carbonyl (C=O) groups excluding carboxylic acids is 1. The van der Waals surface area contributed by atoms with Crippen molar-refractivity contribution < 1.29 is 9.32 Å². The van der Waals surface area contributed by atoms with Crippen LogP contribution in [0.3, 0.4) is 0 Å². The van der Waals surface area contributed by atoms with Crippen LogP contribution in [0.15, 0.2) is 28.8 Å². The van der Waals surface area contributed by atoms with Gasteiger partial charge in [0, 0.05) is 23.7 Å². The average Bonchev–Trinajstić information content (AvgIpc) is 3.09. The Labute approximate surface area is 159 Å². The summed E-state index contributed by atoms with van der Waals surface area (Å²) >= 11 is 0. The lowest BCUT2D eigenvalue weighted by molar-refractivity contribution is 0.0603. The molecule has 5 nitrogen and oxygen atoms in total. The number of hydrogen-bond acceptors (Lipinski definition) is 4. The number of aromatic nitrogens is 2. The molecule has 0 spiro atoms. The van der Waals surface area contributed by atoms with Crippen molar-refractivity contribution in [1.29, 1.82) is 0 Å². The molecule has 0 radical (unpaired) electrons. The van der Waals surface area contributed by atoms with Crippen molar-refractivity contribution in [2.75, 3.05) is 6.54 Å². The van der Waals surface area contributed by atoms with Gasteiger partial charge in [-0.3, -0.25) is 9.78 Å². The lowest BCUT2D eigenvalue weighted by Crippen LogP contribution is -2.39. The third-order valence-electron chi connectivity index (χ3n) is 5.59. The minimum absolute atomic E-state index is 0.0311. The Hall–Kier alpha value is -2.69. The van der Waals surface area contributed by atoms with Crippen LogP contribution in [0.4, 0.5) is 0 Å². The highest BCUT2D eigenvalue weighted by Crippen LogP contribution is 2.34. The maximum atomic E-state index is 13.7. The molecule has 0 unspecified atom stereocenters. The number of likely N-dealkylation sites (tertiary alicyclic amines) is 1. The summed E-state index contributed by atoms with van der Waals surface area (Å²) in [5, 5.41) is 5.13. The van der Waals surface area contributed by atoms with Gasteiger partial charge in [0.15, 0.2) is 0 Å². The molecule has 2 aromatic heterocycles. The van der Waals surface area contributed by atoms with E-state index >= 15 is 0 Å². The van der Waals surface area contributed by atoms with Gasteiger partial charge < -0.3 is 9.42 Å². The van der Waals surface area contributed by atoms with Crippen LogP contribution in [0.5, 0.6) is 0 Å². The lowest BCUT2D eigenvalue weighted by atomic mass is 9.94. The van der Waals surface area contributed by atoms with Gasteiger partial charge in [0.1, 0.15) is 11.5 Å². The summed E-state index contributed by atoms with van der Waals surface area (Å²) in [5.74, 6) is 0.846. The van der Waals surface area contributed by atoms with Gasteiger partial charge in [0.05, 0.1) is 17.1 Å².